The van der Waals surface area contributed by atoms with Crippen molar-refractivity contribution >= 4 is 16.9 Å². The molecule has 4 aliphatic rings. The molecule has 7 rings (SSSR count). The van der Waals surface area contributed by atoms with Crippen LogP contribution in [0.2, 0.25) is 0 Å². The zero-order chi connectivity index (χ0) is 26.3. The van der Waals surface area contributed by atoms with Gasteiger partial charge in [0.05, 0.1) is 22.8 Å². The number of nitrogens with two attached hydrogens (primary N) is 1. The molecule has 1 aromatic carbocycles. The zero-order valence-electron chi connectivity index (χ0n) is 22.7. The van der Waals surface area contributed by atoms with Crippen LogP contribution in [0.25, 0.3) is 22.2 Å². The van der Waals surface area contributed by atoms with Gasteiger partial charge in [-0.15, -0.1) is 0 Å². The molecule has 4 fully saturated rings. The predicted molar refractivity (Wildman–Crippen MR) is 146 cm³/mol. The van der Waals surface area contributed by atoms with Gasteiger partial charge in [-0.1, -0.05) is 12.1 Å². The SMILES string of the molecule is CC(C)(C)OC(=O)C1(c2ccc(-c3ccc4c(cnn4C4CCCCO4)c3C3CC3)nc2)CC2(CC2N)C1. The number of pyridine rings is 1. The van der Waals surface area contributed by atoms with Crippen molar-refractivity contribution < 1.29 is 14.3 Å². The number of ether oxygens (including phenoxy) is 2. The molecule has 3 aromatic rings. The van der Waals surface area contributed by atoms with Crippen molar-refractivity contribution in [3.63, 3.8) is 0 Å². The van der Waals surface area contributed by atoms with Crippen LogP contribution >= 0.6 is 0 Å². The van der Waals surface area contributed by atoms with Gasteiger partial charge in [-0.3, -0.25) is 9.78 Å². The molecule has 3 aliphatic carbocycles. The van der Waals surface area contributed by atoms with E-state index < -0.39 is 11.0 Å². The summed E-state index contributed by atoms with van der Waals surface area (Å²) in [4.78, 5) is 18.4. The Balaban J connectivity index is 1.23. The highest BCUT2D eigenvalue weighted by Gasteiger charge is 2.70. The van der Waals surface area contributed by atoms with Crippen molar-refractivity contribution in [3.05, 3.63) is 47.8 Å². The number of rotatable bonds is 5. The lowest BCUT2D eigenvalue weighted by molar-refractivity contribution is -0.169. The molecule has 0 radical (unpaired) electrons. The fourth-order valence-electron chi connectivity index (χ4n) is 6.94. The maximum atomic E-state index is 13.5. The van der Waals surface area contributed by atoms with Gasteiger partial charge in [0.2, 0.25) is 0 Å². The van der Waals surface area contributed by atoms with Crippen LogP contribution in [0.1, 0.15) is 95.4 Å². The highest BCUT2D eigenvalue weighted by molar-refractivity contribution is 5.90. The third-order valence-electron chi connectivity index (χ3n) is 9.18. The molecule has 3 saturated carbocycles. The van der Waals surface area contributed by atoms with E-state index in [2.05, 4.69) is 28.9 Å². The lowest BCUT2D eigenvalue weighted by Gasteiger charge is -2.48. The third kappa shape index (κ3) is 3.89. The van der Waals surface area contributed by atoms with E-state index in [9.17, 15) is 4.79 Å². The Hall–Kier alpha value is -2.77. The summed E-state index contributed by atoms with van der Waals surface area (Å²) in [6.07, 6.45) is 12.1. The topological polar surface area (TPSA) is 92.3 Å². The van der Waals surface area contributed by atoms with Gasteiger partial charge in [0.1, 0.15) is 5.60 Å². The summed E-state index contributed by atoms with van der Waals surface area (Å²) in [5.41, 5.74) is 10.7. The van der Waals surface area contributed by atoms with Gasteiger partial charge in [0.25, 0.3) is 0 Å². The normalized spacial score (nSPS) is 30.8. The summed E-state index contributed by atoms with van der Waals surface area (Å²) in [7, 11) is 0. The minimum atomic E-state index is -0.655. The van der Waals surface area contributed by atoms with Crippen LogP contribution in [0.15, 0.2) is 36.7 Å². The fourth-order valence-corrected chi connectivity index (χ4v) is 6.94. The first-order valence-corrected chi connectivity index (χ1v) is 14.3. The lowest BCUT2D eigenvalue weighted by atomic mass is 9.56. The Morgan fingerprint density at radius 1 is 1.11 bits per heavy atom. The van der Waals surface area contributed by atoms with Crippen LogP contribution in [0.4, 0.5) is 0 Å². The molecule has 7 heteroatoms. The number of nitrogens with zero attached hydrogens (tertiary/aromatic N) is 3. The summed E-state index contributed by atoms with van der Waals surface area (Å²) in [6, 6.07) is 8.74. The molecule has 0 amide bonds. The monoisotopic (exact) mass is 514 g/mol. The molecule has 2 aromatic heterocycles. The summed E-state index contributed by atoms with van der Waals surface area (Å²) < 4.78 is 14.0. The number of hydrogen-bond acceptors (Lipinski definition) is 6. The molecule has 3 heterocycles. The molecule has 200 valence electrons. The first kappa shape index (κ1) is 24.3. The highest BCUT2D eigenvalue weighted by Crippen LogP contribution is 2.68. The summed E-state index contributed by atoms with van der Waals surface area (Å²) in [6.45, 7) is 6.58. The number of benzene rings is 1. The Bertz CT molecular complexity index is 1390. The van der Waals surface area contributed by atoms with Gasteiger partial charge in [-0.25, -0.2) is 4.68 Å². The molecule has 2 N–H and O–H groups in total. The van der Waals surface area contributed by atoms with Crippen LogP contribution in [-0.4, -0.2) is 39.0 Å². The van der Waals surface area contributed by atoms with Gasteiger partial charge >= 0.3 is 5.97 Å². The molecular weight excluding hydrogens is 476 g/mol. The van der Waals surface area contributed by atoms with E-state index in [-0.39, 0.29) is 23.7 Å². The number of carbonyl (C=O) groups is 1. The minimum absolute atomic E-state index is 0.0194. The van der Waals surface area contributed by atoms with E-state index in [0.29, 0.717) is 5.92 Å². The number of fused-ring (bicyclic) bond motifs is 1. The van der Waals surface area contributed by atoms with Crippen molar-refractivity contribution in [2.45, 2.75) is 101 Å². The molecule has 38 heavy (non-hydrogen) atoms. The summed E-state index contributed by atoms with van der Waals surface area (Å²) in [5, 5.41) is 5.98. The average Bonchev–Trinajstić information content (AvgIpc) is 3.78. The molecule has 0 bridgehead atoms. The quantitative estimate of drug-likeness (QED) is 0.435. The second-order valence-corrected chi connectivity index (χ2v) is 13.2. The van der Waals surface area contributed by atoms with Crippen LogP contribution < -0.4 is 5.73 Å². The Morgan fingerprint density at radius 3 is 2.50 bits per heavy atom. The molecule has 1 aliphatic heterocycles. The van der Waals surface area contributed by atoms with Crippen molar-refractivity contribution in [2.24, 2.45) is 11.1 Å². The molecule has 2 unspecified atom stereocenters. The zero-order valence-corrected chi connectivity index (χ0v) is 22.7. The Labute approximate surface area is 224 Å². The lowest BCUT2D eigenvalue weighted by Crippen LogP contribution is -2.53. The largest absolute Gasteiger partial charge is 0.459 e. The second kappa shape index (κ2) is 8.36. The average molecular weight is 515 g/mol. The van der Waals surface area contributed by atoms with Crippen molar-refractivity contribution in [3.8, 4) is 11.3 Å². The number of aromatic nitrogens is 3. The maximum Gasteiger partial charge on any atom is 0.317 e. The number of hydrogen-bond donors (Lipinski definition) is 1. The minimum Gasteiger partial charge on any atom is -0.459 e. The smallest absolute Gasteiger partial charge is 0.317 e. The Morgan fingerprint density at radius 2 is 1.89 bits per heavy atom. The third-order valence-corrected chi connectivity index (χ3v) is 9.18. The van der Waals surface area contributed by atoms with Crippen molar-refractivity contribution in [1.29, 1.82) is 0 Å². The van der Waals surface area contributed by atoms with E-state index in [1.807, 2.05) is 33.2 Å². The standard InChI is InChI=1S/C31H38N4O3/c1-29(2,3)38-28(36)31(17-30(18-31)14-25(30)32)20-9-11-23(33-15-20)21-10-12-24-22(27(21)19-7-8-19)16-34-35(24)26-6-4-5-13-37-26/h9-12,15-16,19,25-26H,4-8,13-14,17-18,32H2,1-3H3. The molecule has 1 saturated heterocycles. The molecule has 7 nitrogen and oxygen atoms in total. The van der Waals surface area contributed by atoms with Gasteiger partial charge in [0, 0.05) is 29.8 Å². The second-order valence-electron chi connectivity index (χ2n) is 13.2. The van der Waals surface area contributed by atoms with E-state index in [4.69, 9.17) is 25.3 Å². The molecular formula is C31H38N4O3. The summed E-state index contributed by atoms with van der Waals surface area (Å²) >= 11 is 0. The summed E-state index contributed by atoms with van der Waals surface area (Å²) in [5.74, 6) is 0.387. The highest BCUT2D eigenvalue weighted by atomic mass is 16.6. The molecule has 1 spiro atoms. The van der Waals surface area contributed by atoms with Gasteiger partial charge in [0.15, 0.2) is 6.23 Å². The van der Waals surface area contributed by atoms with Crippen molar-refractivity contribution in [2.75, 3.05) is 6.61 Å². The van der Waals surface area contributed by atoms with E-state index in [0.717, 1.165) is 61.0 Å². The van der Waals surface area contributed by atoms with Gasteiger partial charge < -0.3 is 15.2 Å². The predicted octanol–water partition coefficient (Wildman–Crippen LogP) is 5.77. The van der Waals surface area contributed by atoms with Crippen LogP contribution in [0.5, 0.6) is 0 Å². The number of esters is 1. The van der Waals surface area contributed by atoms with Gasteiger partial charge in [-0.05, 0) is 107 Å². The first-order chi connectivity index (χ1) is 18.2. The fraction of sp³-hybridized carbons (Fsp3) is 0.581. The van der Waals surface area contributed by atoms with E-state index in [1.54, 1.807) is 0 Å². The Kier molecular flexibility index (Phi) is 5.34. The van der Waals surface area contributed by atoms with Gasteiger partial charge in [-0.2, -0.15) is 5.10 Å². The van der Waals surface area contributed by atoms with E-state index in [1.165, 1.54) is 30.2 Å². The maximum absolute atomic E-state index is 13.5. The van der Waals surface area contributed by atoms with Crippen molar-refractivity contribution in [1.82, 2.24) is 14.8 Å². The van der Waals surface area contributed by atoms with E-state index >= 15 is 0 Å². The van der Waals surface area contributed by atoms with Crippen LogP contribution in [-0.2, 0) is 19.7 Å². The molecule has 2 atom stereocenters. The first-order valence-electron chi connectivity index (χ1n) is 14.3. The van der Waals surface area contributed by atoms with Crippen LogP contribution in [0.3, 0.4) is 0 Å². The number of carbonyl (C=O) groups excluding carboxylic acids is 1. The van der Waals surface area contributed by atoms with Crippen LogP contribution in [0, 0.1) is 5.41 Å².